The Morgan fingerprint density at radius 1 is 1.14 bits per heavy atom. The number of Topliss-reactive ketones (excluding diaryl/α,β-unsaturated/α-hetero) is 1. The van der Waals surface area contributed by atoms with E-state index < -0.39 is 0 Å². The molecule has 0 aliphatic heterocycles. The summed E-state index contributed by atoms with van der Waals surface area (Å²) in [7, 11) is 0. The van der Waals surface area contributed by atoms with Crippen molar-refractivity contribution in [3.63, 3.8) is 0 Å². The molecule has 0 aliphatic carbocycles. The number of nitrogens with zero attached hydrogens (tertiary/aromatic N) is 2. The molecule has 0 atom stereocenters. The molecule has 0 radical (unpaired) electrons. The molecule has 0 N–H and O–H groups in total. The first-order valence-corrected chi connectivity index (χ1v) is 7.72. The number of unbranched alkanes of at least 4 members (excludes halogenated alkanes) is 3. The van der Waals surface area contributed by atoms with E-state index in [9.17, 15) is 4.79 Å². The molecule has 2 aromatic rings. The van der Waals surface area contributed by atoms with Gasteiger partial charge in [0.25, 0.3) is 0 Å². The standard InChI is InChI=1S/C18H23N2O/c1-2-3-4-8-11-17-14-20(13-12-19-17)15-18(21)16-9-6-5-7-10-16/h5-7,9-10,12-14H,2-4,8,11,15H2,1H3/q+1. The maximum Gasteiger partial charge on any atom is 0.227 e. The van der Waals surface area contributed by atoms with Crippen LogP contribution >= 0.6 is 0 Å². The van der Waals surface area contributed by atoms with E-state index in [4.69, 9.17) is 0 Å². The van der Waals surface area contributed by atoms with Gasteiger partial charge in [0.2, 0.25) is 12.3 Å². The minimum atomic E-state index is 0.128. The zero-order valence-corrected chi connectivity index (χ0v) is 12.7. The van der Waals surface area contributed by atoms with Gasteiger partial charge in [-0.2, -0.15) is 4.57 Å². The lowest BCUT2D eigenvalue weighted by atomic mass is 10.1. The van der Waals surface area contributed by atoms with Crippen LogP contribution in [0.5, 0.6) is 0 Å². The molecule has 1 aromatic carbocycles. The molecule has 0 saturated heterocycles. The van der Waals surface area contributed by atoms with E-state index in [1.807, 2.05) is 47.3 Å². The highest BCUT2D eigenvalue weighted by atomic mass is 16.1. The Hall–Kier alpha value is -2.03. The van der Waals surface area contributed by atoms with E-state index in [1.54, 1.807) is 6.20 Å². The van der Waals surface area contributed by atoms with E-state index in [0.29, 0.717) is 6.54 Å². The highest BCUT2D eigenvalue weighted by molar-refractivity contribution is 5.94. The lowest BCUT2D eigenvalue weighted by Crippen LogP contribution is -2.38. The molecule has 3 nitrogen and oxygen atoms in total. The molecule has 1 aromatic heterocycles. The van der Waals surface area contributed by atoms with Crippen LogP contribution < -0.4 is 4.57 Å². The van der Waals surface area contributed by atoms with Crippen LogP contribution in [0.2, 0.25) is 0 Å². The van der Waals surface area contributed by atoms with Gasteiger partial charge in [-0.05, 0) is 12.8 Å². The van der Waals surface area contributed by atoms with E-state index >= 15 is 0 Å². The predicted molar refractivity (Wildman–Crippen MR) is 83.1 cm³/mol. The Labute approximate surface area is 126 Å². The van der Waals surface area contributed by atoms with Gasteiger partial charge in [-0.1, -0.05) is 56.5 Å². The monoisotopic (exact) mass is 283 g/mol. The van der Waals surface area contributed by atoms with Crippen molar-refractivity contribution >= 4 is 5.78 Å². The molecule has 0 spiro atoms. The summed E-state index contributed by atoms with van der Waals surface area (Å²) in [6, 6.07) is 9.42. The van der Waals surface area contributed by atoms with Gasteiger partial charge in [0.1, 0.15) is 5.69 Å². The van der Waals surface area contributed by atoms with Crippen molar-refractivity contribution in [3.05, 3.63) is 60.2 Å². The first kappa shape index (κ1) is 15.4. The number of benzene rings is 1. The Bertz CT molecular complexity index is 566. The Balaban J connectivity index is 1.93. The second-order valence-corrected chi connectivity index (χ2v) is 5.32. The number of carbonyl (C=O) groups excluding carboxylic acids is 1. The second kappa shape index (κ2) is 8.30. The molecule has 110 valence electrons. The summed E-state index contributed by atoms with van der Waals surface area (Å²) in [5.41, 5.74) is 1.82. The molecule has 0 unspecified atom stereocenters. The topological polar surface area (TPSA) is 33.8 Å². The van der Waals surface area contributed by atoms with Crippen LogP contribution in [0.25, 0.3) is 0 Å². The molecule has 1 heterocycles. The van der Waals surface area contributed by atoms with Gasteiger partial charge in [-0.25, -0.2) is 4.98 Å². The molecule has 0 bridgehead atoms. The third kappa shape index (κ3) is 5.10. The number of hydrogen-bond donors (Lipinski definition) is 0. The zero-order valence-electron chi connectivity index (χ0n) is 12.7. The van der Waals surface area contributed by atoms with E-state index in [0.717, 1.165) is 24.1 Å². The summed E-state index contributed by atoms with van der Waals surface area (Å²) in [4.78, 5) is 16.6. The van der Waals surface area contributed by atoms with Crippen LogP contribution in [-0.2, 0) is 13.0 Å². The van der Waals surface area contributed by atoms with Gasteiger partial charge >= 0.3 is 0 Å². The number of carbonyl (C=O) groups is 1. The quantitative estimate of drug-likeness (QED) is 0.423. The maximum atomic E-state index is 12.2. The average Bonchev–Trinajstić information content (AvgIpc) is 2.53. The van der Waals surface area contributed by atoms with Crippen LogP contribution in [0.3, 0.4) is 0 Å². The summed E-state index contributed by atoms with van der Waals surface area (Å²) < 4.78 is 1.93. The van der Waals surface area contributed by atoms with Crippen LogP contribution in [-0.4, -0.2) is 10.8 Å². The predicted octanol–water partition coefficient (Wildman–Crippen LogP) is 3.37. The molecular formula is C18H23N2O+. The van der Waals surface area contributed by atoms with E-state index in [1.165, 1.54) is 19.3 Å². The van der Waals surface area contributed by atoms with Gasteiger partial charge < -0.3 is 0 Å². The van der Waals surface area contributed by atoms with Crippen molar-refractivity contribution in [2.45, 2.75) is 45.6 Å². The number of rotatable bonds is 8. The van der Waals surface area contributed by atoms with Gasteiger partial charge in [-0.15, -0.1) is 0 Å². The minimum Gasteiger partial charge on any atom is -0.287 e. The summed E-state index contributed by atoms with van der Waals surface area (Å²) in [6.45, 7) is 2.58. The van der Waals surface area contributed by atoms with Crippen molar-refractivity contribution in [2.24, 2.45) is 0 Å². The normalized spacial score (nSPS) is 10.5. The largest absolute Gasteiger partial charge is 0.287 e. The maximum absolute atomic E-state index is 12.2. The van der Waals surface area contributed by atoms with Crippen LogP contribution in [0, 0.1) is 0 Å². The van der Waals surface area contributed by atoms with Crippen molar-refractivity contribution < 1.29 is 9.36 Å². The first-order chi connectivity index (χ1) is 10.3. The van der Waals surface area contributed by atoms with E-state index in [-0.39, 0.29) is 5.78 Å². The third-order valence-corrected chi connectivity index (χ3v) is 3.52. The number of ketones is 1. The highest BCUT2D eigenvalue weighted by Gasteiger charge is 2.12. The smallest absolute Gasteiger partial charge is 0.227 e. The molecule has 0 amide bonds. The molecule has 21 heavy (non-hydrogen) atoms. The fourth-order valence-electron chi connectivity index (χ4n) is 2.32. The Kier molecular flexibility index (Phi) is 6.07. The fraction of sp³-hybridized carbons (Fsp3) is 0.389. The van der Waals surface area contributed by atoms with Crippen LogP contribution in [0.1, 0.15) is 48.7 Å². The van der Waals surface area contributed by atoms with Gasteiger partial charge in [0, 0.05) is 5.56 Å². The molecular weight excluding hydrogens is 260 g/mol. The summed E-state index contributed by atoms with van der Waals surface area (Å²) in [5.74, 6) is 0.128. The third-order valence-electron chi connectivity index (χ3n) is 3.52. The van der Waals surface area contributed by atoms with Crippen molar-refractivity contribution in [3.8, 4) is 0 Å². The lowest BCUT2D eigenvalue weighted by molar-refractivity contribution is -0.684. The first-order valence-electron chi connectivity index (χ1n) is 7.72. The van der Waals surface area contributed by atoms with Crippen molar-refractivity contribution in [1.82, 2.24) is 4.98 Å². The lowest BCUT2D eigenvalue weighted by Gasteiger charge is -2.01. The highest BCUT2D eigenvalue weighted by Crippen LogP contribution is 2.04. The SMILES string of the molecule is CCCCCCc1c[n+](CC(=O)c2ccccc2)ccn1. The average molecular weight is 283 g/mol. The van der Waals surface area contributed by atoms with Gasteiger partial charge in [0.15, 0.2) is 12.4 Å². The zero-order chi connectivity index (χ0) is 14.9. The molecule has 0 fully saturated rings. The molecule has 3 heteroatoms. The van der Waals surface area contributed by atoms with Gasteiger partial charge in [-0.3, -0.25) is 4.79 Å². The molecule has 0 aliphatic rings. The minimum absolute atomic E-state index is 0.128. The van der Waals surface area contributed by atoms with Crippen LogP contribution in [0.4, 0.5) is 0 Å². The summed E-state index contributed by atoms with van der Waals surface area (Å²) in [5, 5.41) is 0. The molecule has 0 saturated carbocycles. The van der Waals surface area contributed by atoms with Crippen LogP contribution in [0.15, 0.2) is 48.9 Å². The van der Waals surface area contributed by atoms with E-state index in [2.05, 4.69) is 11.9 Å². The molecule has 2 rings (SSSR count). The second-order valence-electron chi connectivity index (χ2n) is 5.32. The summed E-state index contributed by atoms with van der Waals surface area (Å²) in [6.07, 6.45) is 11.6. The number of aryl methyl sites for hydroxylation is 1. The Morgan fingerprint density at radius 3 is 2.71 bits per heavy atom. The number of aromatic nitrogens is 2. The van der Waals surface area contributed by atoms with Gasteiger partial charge in [0.05, 0.1) is 6.20 Å². The number of hydrogen-bond acceptors (Lipinski definition) is 2. The summed E-state index contributed by atoms with van der Waals surface area (Å²) >= 11 is 0. The van der Waals surface area contributed by atoms with Crippen molar-refractivity contribution in [1.29, 1.82) is 0 Å². The Morgan fingerprint density at radius 2 is 1.95 bits per heavy atom. The van der Waals surface area contributed by atoms with Crippen molar-refractivity contribution in [2.75, 3.05) is 0 Å². The fourth-order valence-corrected chi connectivity index (χ4v) is 2.32.